The van der Waals surface area contributed by atoms with Crippen molar-refractivity contribution < 1.29 is 24.0 Å². The number of amides is 6. The topological polar surface area (TPSA) is 128 Å². The minimum absolute atomic E-state index is 0.191. The maximum atomic E-state index is 13.4. The second-order valence-electron chi connectivity index (χ2n) is 10.7. The standard InChI is InChI=1S/C28H33N5O5/c1-28(2,3)31-27(38)32(4)23(18-8-6-5-7-9-18)25(36)29-15-17-10-11-20-19(14-17)16-33(26(20)37)21-12-13-22(34)30-24(21)35/h5-11,14,21,23H,12-13,15-16H2,1-4H3,(H,29,36)(H,31,38)(H,30,34,35)/t21?,23-/m0/s1. The molecule has 0 saturated carbocycles. The van der Waals surface area contributed by atoms with Gasteiger partial charge < -0.3 is 20.4 Å². The highest BCUT2D eigenvalue weighted by molar-refractivity contribution is 6.05. The van der Waals surface area contributed by atoms with Crippen molar-refractivity contribution in [3.63, 3.8) is 0 Å². The van der Waals surface area contributed by atoms with E-state index >= 15 is 0 Å². The fourth-order valence-electron chi connectivity index (χ4n) is 4.74. The van der Waals surface area contributed by atoms with Crippen molar-refractivity contribution in [3.8, 4) is 0 Å². The van der Waals surface area contributed by atoms with Crippen LogP contribution in [-0.2, 0) is 27.5 Å². The first-order valence-electron chi connectivity index (χ1n) is 12.6. The molecule has 1 fully saturated rings. The smallest absolute Gasteiger partial charge is 0.318 e. The number of hydrogen-bond acceptors (Lipinski definition) is 5. The highest BCUT2D eigenvalue weighted by atomic mass is 16.2. The summed E-state index contributed by atoms with van der Waals surface area (Å²) in [5.74, 6) is -1.38. The molecule has 38 heavy (non-hydrogen) atoms. The summed E-state index contributed by atoms with van der Waals surface area (Å²) in [5.41, 5.74) is 2.25. The quantitative estimate of drug-likeness (QED) is 0.505. The van der Waals surface area contributed by atoms with E-state index in [-0.39, 0.29) is 43.3 Å². The first kappa shape index (κ1) is 26.8. The monoisotopic (exact) mass is 519 g/mol. The van der Waals surface area contributed by atoms with Gasteiger partial charge in [-0.2, -0.15) is 0 Å². The van der Waals surface area contributed by atoms with Crippen LogP contribution in [0.5, 0.6) is 0 Å². The number of nitrogens with zero attached hydrogens (tertiary/aromatic N) is 2. The number of nitrogens with one attached hydrogen (secondary N) is 3. The Morgan fingerprint density at radius 1 is 1.11 bits per heavy atom. The number of urea groups is 1. The minimum Gasteiger partial charge on any atom is -0.350 e. The molecule has 2 aromatic rings. The lowest BCUT2D eigenvalue weighted by Gasteiger charge is -2.31. The maximum absolute atomic E-state index is 13.4. The third kappa shape index (κ3) is 5.85. The van der Waals surface area contributed by atoms with Crippen molar-refractivity contribution in [1.82, 2.24) is 25.8 Å². The molecular weight excluding hydrogens is 486 g/mol. The SMILES string of the molecule is CN(C(=O)NC(C)(C)C)[C@H](C(=O)NCc1ccc2c(c1)CN(C1CCC(=O)NC1=O)C2=O)c1ccccc1. The van der Waals surface area contributed by atoms with Crippen molar-refractivity contribution in [2.24, 2.45) is 0 Å². The molecule has 6 amide bonds. The Bertz CT molecular complexity index is 1270. The van der Waals surface area contributed by atoms with E-state index in [4.69, 9.17) is 0 Å². The Morgan fingerprint density at radius 3 is 2.47 bits per heavy atom. The highest BCUT2D eigenvalue weighted by Crippen LogP contribution is 2.28. The van der Waals surface area contributed by atoms with E-state index in [2.05, 4.69) is 16.0 Å². The van der Waals surface area contributed by atoms with Gasteiger partial charge in [-0.3, -0.25) is 24.5 Å². The number of carbonyl (C=O) groups is 5. The maximum Gasteiger partial charge on any atom is 0.318 e. The zero-order chi connectivity index (χ0) is 27.6. The predicted molar refractivity (Wildman–Crippen MR) is 140 cm³/mol. The molecule has 3 N–H and O–H groups in total. The molecule has 0 bridgehead atoms. The zero-order valence-corrected chi connectivity index (χ0v) is 22.0. The summed E-state index contributed by atoms with van der Waals surface area (Å²) in [5, 5.41) is 8.11. The second kappa shape index (κ2) is 10.6. The number of hydrogen-bond donors (Lipinski definition) is 3. The lowest BCUT2D eigenvalue weighted by molar-refractivity contribution is -0.137. The zero-order valence-electron chi connectivity index (χ0n) is 22.0. The number of fused-ring (bicyclic) bond motifs is 1. The molecule has 1 saturated heterocycles. The number of rotatable bonds is 6. The van der Waals surface area contributed by atoms with Gasteiger partial charge in [-0.25, -0.2) is 4.79 Å². The molecule has 0 spiro atoms. The Hall–Kier alpha value is -4.21. The van der Waals surface area contributed by atoms with E-state index in [1.54, 1.807) is 31.3 Å². The molecule has 2 aliphatic heterocycles. The van der Waals surface area contributed by atoms with E-state index in [9.17, 15) is 24.0 Å². The molecule has 4 rings (SSSR count). The Labute approximate surface area is 221 Å². The fourth-order valence-corrected chi connectivity index (χ4v) is 4.74. The fraction of sp³-hybridized carbons (Fsp3) is 0.393. The molecule has 0 aromatic heterocycles. The molecule has 0 radical (unpaired) electrons. The molecule has 2 aliphatic rings. The molecule has 1 unspecified atom stereocenters. The number of carbonyl (C=O) groups excluding carboxylic acids is 5. The third-order valence-corrected chi connectivity index (χ3v) is 6.61. The Kier molecular flexibility index (Phi) is 7.52. The molecule has 200 valence electrons. The van der Waals surface area contributed by atoms with Gasteiger partial charge in [-0.05, 0) is 49.9 Å². The largest absolute Gasteiger partial charge is 0.350 e. The van der Waals surface area contributed by atoms with Crippen molar-refractivity contribution >= 4 is 29.7 Å². The molecule has 2 atom stereocenters. The Balaban J connectivity index is 1.46. The Morgan fingerprint density at radius 2 is 1.82 bits per heavy atom. The number of benzene rings is 2. The van der Waals surface area contributed by atoms with Gasteiger partial charge in [0.15, 0.2) is 0 Å². The van der Waals surface area contributed by atoms with Crippen LogP contribution in [0.25, 0.3) is 0 Å². The summed E-state index contributed by atoms with van der Waals surface area (Å²) in [6.07, 6.45) is 0.489. The van der Waals surface area contributed by atoms with Crippen LogP contribution in [0.4, 0.5) is 4.79 Å². The summed E-state index contributed by atoms with van der Waals surface area (Å²) >= 11 is 0. The van der Waals surface area contributed by atoms with E-state index in [1.807, 2.05) is 45.0 Å². The lowest BCUT2D eigenvalue weighted by atomic mass is 10.0. The molecule has 10 heteroatoms. The van der Waals surface area contributed by atoms with Gasteiger partial charge in [0.25, 0.3) is 5.91 Å². The summed E-state index contributed by atoms with van der Waals surface area (Å²) in [7, 11) is 1.59. The van der Waals surface area contributed by atoms with Crippen LogP contribution in [0.15, 0.2) is 48.5 Å². The summed E-state index contributed by atoms with van der Waals surface area (Å²) in [4.78, 5) is 65.8. The van der Waals surface area contributed by atoms with Crippen molar-refractivity contribution in [2.45, 2.75) is 64.3 Å². The highest BCUT2D eigenvalue weighted by Gasteiger charge is 2.39. The van der Waals surface area contributed by atoms with Crippen LogP contribution in [0.2, 0.25) is 0 Å². The van der Waals surface area contributed by atoms with Crippen LogP contribution in [0.1, 0.15) is 66.7 Å². The van der Waals surface area contributed by atoms with Gasteiger partial charge in [0.05, 0.1) is 0 Å². The van der Waals surface area contributed by atoms with E-state index < -0.39 is 23.5 Å². The lowest BCUT2D eigenvalue weighted by Crippen LogP contribution is -2.52. The van der Waals surface area contributed by atoms with Gasteiger partial charge >= 0.3 is 6.03 Å². The van der Waals surface area contributed by atoms with Crippen molar-refractivity contribution in [1.29, 1.82) is 0 Å². The van der Waals surface area contributed by atoms with Gasteiger partial charge in [-0.15, -0.1) is 0 Å². The number of piperidine rings is 1. The first-order valence-corrected chi connectivity index (χ1v) is 12.6. The second-order valence-corrected chi connectivity index (χ2v) is 10.7. The van der Waals surface area contributed by atoms with Crippen LogP contribution in [0, 0.1) is 0 Å². The average Bonchev–Trinajstić information content (AvgIpc) is 3.18. The molecule has 10 nitrogen and oxygen atoms in total. The van der Waals surface area contributed by atoms with Crippen LogP contribution in [-0.4, -0.2) is 58.1 Å². The van der Waals surface area contributed by atoms with Crippen LogP contribution < -0.4 is 16.0 Å². The van der Waals surface area contributed by atoms with Crippen molar-refractivity contribution in [2.75, 3.05) is 7.05 Å². The van der Waals surface area contributed by atoms with Gasteiger partial charge in [-0.1, -0.05) is 42.5 Å². The minimum atomic E-state index is -0.849. The summed E-state index contributed by atoms with van der Waals surface area (Å²) < 4.78 is 0. The van der Waals surface area contributed by atoms with Crippen molar-refractivity contribution in [3.05, 3.63) is 70.8 Å². The summed E-state index contributed by atoms with van der Waals surface area (Å²) in [6, 6.07) is 12.5. The van der Waals surface area contributed by atoms with E-state index in [0.717, 1.165) is 11.1 Å². The van der Waals surface area contributed by atoms with Gasteiger partial charge in [0.2, 0.25) is 17.7 Å². The molecular formula is C28H33N5O5. The molecule has 0 aliphatic carbocycles. The van der Waals surface area contributed by atoms with E-state index in [0.29, 0.717) is 17.5 Å². The average molecular weight is 520 g/mol. The number of imide groups is 1. The van der Waals surface area contributed by atoms with Crippen LogP contribution in [0.3, 0.4) is 0 Å². The summed E-state index contributed by atoms with van der Waals surface area (Å²) in [6.45, 7) is 6.06. The normalized spacial score (nSPS) is 17.9. The van der Waals surface area contributed by atoms with Gasteiger partial charge in [0, 0.05) is 37.7 Å². The molecule has 2 heterocycles. The predicted octanol–water partition coefficient (Wildman–Crippen LogP) is 2.25. The first-order chi connectivity index (χ1) is 17.9. The van der Waals surface area contributed by atoms with Gasteiger partial charge in [0.1, 0.15) is 12.1 Å². The molecule has 2 aromatic carbocycles. The third-order valence-electron chi connectivity index (χ3n) is 6.61. The number of likely N-dealkylation sites (N-methyl/N-ethyl adjacent to an activating group) is 1. The van der Waals surface area contributed by atoms with Crippen LogP contribution >= 0.6 is 0 Å². The van der Waals surface area contributed by atoms with E-state index in [1.165, 1.54) is 9.80 Å².